The van der Waals surface area contributed by atoms with E-state index in [0.29, 0.717) is 24.7 Å². The Morgan fingerprint density at radius 2 is 1.76 bits per heavy atom. The number of nitrogen functional groups attached to an aromatic ring is 1. The topological polar surface area (TPSA) is 71.0 Å². The monoisotopic (exact) mass is 389 g/mol. The molecule has 0 aliphatic rings. The molecule has 0 unspecified atom stereocenters. The fourth-order valence-electron chi connectivity index (χ4n) is 3.08. The number of imidazole rings is 1. The van der Waals surface area contributed by atoms with Crippen LogP contribution in [-0.2, 0) is 0 Å². The molecule has 4 aromatic rings. The molecule has 0 aliphatic carbocycles. The molecule has 0 amide bonds. The van der Waals surface area contributed by atoms with E-state index in [1.807, 2.05) is 77.5 Å². The Hall–Kier alpha value is -3.67. The van der Waals surface area contributed by atoms with Crippen LogP contribution >= 0.6 is 0 Å². The van der Waals surface area contributed by atoms with Gasteiger partial charge in [-0.05, 0) is 42.5 Å². The lowest BCUT2D eigenvalue weighted by atomic mass is 10.1. The van der Waals surface area contributed by atoms with E-state index in [0.717, 1.165) is 34.8 Å². The lowest BCUT2D eigenvalue weighted by molar-refractivity contribution is 0.248. The Kier molecular flexibility index (Phi) is 5.52. The van der Waals surface area contributed by atoms with Crippen molar-refractivity contribution in [3.63, 3.8) is 0 Å². The highest BCUT2D eigenvalue weighted by molar-refractivity contribution is 5.71. The third-order valence-electron chi connectivity index (χ3n) is 4.53. The number of para-hydroxylation sites is 1. The van der Waals surface area contributed by atoms with Crippen LogP contribution in [0.2, 0.25) is 0 Å². The van der Waals surface area contributed by atoms with Crippen molar-refractivity contribution in [1.82, 2.24) is 9.38 Å². The van der Waals surface area contributed by atoms with Crippen molar-refractivity contribution in [2.75, 3.05) is 26.1 Å². The van der Waals surface area contributed by atoms with Gasteiger partial charge in [0.1, 0.15) is 11.5 Å². The smallest absolute Gasteiger partial charge is 0.180 e. The molecular weight excluding hydrogens is 366 g/mol. The van der Waals surface area contributed by atoms with Gasteiger partial charge in [0.05, 0.1) is 31.7 Å². The lowest BCUT2D eigenvalue weighted by Crippen LogP contribution is -2.05. The van der Waals surface area contributed by atoms with Crippen molar-refractivity contribution in [2.24, 2.45) is 0 Å². The van der Waals surface area contributed by atoms with Crippen LogP contribution in [0.1, 0.15) is 6.42 Å². The zero-order valence-electron chi connectivity index (χ0n) is 16.2. The number of anilines is 1. The van der Waals surface area contributed by atoms with Crippen LogP contribution in [0.5, 0.6) is 17.2 Å². The minimum atomic E-state index is 0.546. The van der Waals surface area contributed by atoms with Gasteiger partial charge >= 0.3 is 0 Å². The number of ether oxygens (including phenoxy) is 3. The summed E-state index contributed by atoms with van der Waals surface area (Å²) in [6.07, 6.45) is 4.69. The molecule has 2 heterocycles. The van der Waals surface area contributed by atoms with E-state index in [-0.39, 0.29) is 0 Å². The highest BCUT2D eigenvalue weighted by Crippen LogP contribution is 2.29. The summed E-state index contributed by atoms with van der Waals surface area (Å²) in [6, 6.07) is 19.3. The maximum Gasteiger partial charge on any atom is 0.180 e. The molecule has 0 atom stereocenters. The number of pyridine rings is 1. The number of rotatable bonds is 8. The van der Waals surface area contributed by atoms with E-state index >= 15 is 0 Å². The van der Waals surface area contributed by atoms with Crippen LogP contribution in [0.15, 0.2) is 73.1 Å². The molecule has 0 aliphatic heterocycles. The maximum atomic E-state index is 6.03. The number of methoxy groups -OCH3 is 1. The van der Waals surface area contributed by atoms with Gasteiger partial charge in [0.2, 0.25) is 0 Å². The summed E-state index contributed by atoms with van der Waals surface area (Å²) in [5, 5.41) is 0. The summed E-state index contributed by atoms with van der Waals surface area (Å²) in [4.78, 5) is 4.74. The van der Waals surface area contributed by atoms with Gasteiger partial charge in [-0.15, -0.1) is 0 Å². The molecule has 2 aromatic carbocycles. The number of hydrogen-bond acceptors (Lipinski definition) is 5. The largest absolute Gasteiger partial charge is 0.495 e. The summed E-state index contributed by atoms with van der Waals surface area (Å²) in [7, 11) is 1.60. The number of nitrogens with zero attached hydrogens (tertiary/aromatic N) is 2. The molecule has 6 heteroatoms. The van der Waals surface area contributed by atoms with Gasteiger partial charge in [-0.3, -0.25) is 0 Å². The van der Waals surface area contributed by atoms with Crippen molar-refractivity contribution >= 4 is 11.3 Å². The predicted octanol–water partition coefficient (Wildman–Crippen LogP) is 4.44. The number of nitrogens with two attached hydrogens (primary N) is 1. The van der Waals surface area contributed by atoms with E-state index in [1.54, 1.807) is 7.11 Å². The second kappa shape index (κ2) is 8.56. The molecule has 0 bridgehead atoms. The maximum absolute atomic E-state index is 6.03. The van der Waals surface area contributed by atoms with Crippen LogP contribution in [-0.4, -0.2) is 29.7 Å². The number of aromatic nitrogens is 2. The average Bonchev–Trinajstić information content (AvgIpc) is 3.19. The van der Waals surface area contributed by atoms with E-state index in [4.69, 9.17) is 24.9 Å². The Labute approximate surface area is 169 Å². The molecule has 4 rings (SSSR count). The first kappa shape index (κ1) is 18.7. The Balaban J connectivity index is 1.43. The fourth-order valence-corrected chi connectivity index (χ4v) is 3.08. The van der Waals surface area contributed by atoms with Crippen LogP contribution in [0, 0.1) is 0 Å². The van der Waals surface area contributed by atoms with Gasteiger partial charge in [-0.25, -0.2) is 4.98 Å². The third kappa shape index (κ3) is 4.27. The van der Waals surface area contributed by atoms with Gasteiger partial charge in [-0.2, -0.15) is 0 Å². The van der Waals surface area contributed by atoms with Crippen LogP contribution in [0.4, 0.5) is 5.69 Å². The predicted molar refractivity (Wildman–Crippen MR) is 114 cm³/mol. The van der Waals surface area contributed by atoms with Crippen molar-refractivity contribution < 1.29 is 14.2 Å². The first-order chi connectivity index (χ1) is 14.2. The molecule has 6 nitrogen and oxygen atoms in total. The number of hydrogen-bond donors (Lipinski definition) is 1. The molecule has 148 valence electrons. The molecule has 2 aromatic heterocycles. The highest BCUT2D eigenvalue weighted by atomic mass is 16.5. The van der Waals surface area contributed by atoms with E-state index in [1.165, 1.54) is 0 Å². The standard InChI is InChI=1S/C23H23N3O3/c1-27-21-11-10-17(15-19(21)24)20-16-26-12-5-9-22(23(26)25-20)29-14-6-13-28-18-7-3-2-4-8-18/h2-5,7-12,15-16H,6,13-14,24H2,1H3. The first-order valence-electron chi connectivity index (χ1n) is 9.47. The molecule has 0 saturated heterocycles. The fraction of sp³-hybridized carbons (Fsp3) is 0.174. The van der Waals surface area contributed by atoms with Gasteiger partial charge in [0.25, 0.3) is 0 Å². The summed E-state index contributed by atoms with van der Waals surface area (Å²) >= 11 is 0. The third-order valence-corrected chi connectivity index (χ3v) is 4.53. The van der Waals surface area contributed by atoms with E-state index in [2.05, 4.69) is 0 Å². The normalized spacial score (nSPS) is 10.8. The highest BCUT2D eigenvalue weighted by Gasteiger charge is 2.10. The van der Waals surface area contributed by atoms with Crippen LogP contribution < -0.4 is 19.9 Å². The van der Waals surface area contributed by atoms with Crippen molar-refractivity contribution in [3.05, 3.63) is 73.1 Å². The molecule has 0 saturated carbocycles. The Bertz CT molecular complexity index is 1090. The quantitative estimate of drug-likeness (QED) is 0.356. The minimum Gasteiger partial charge on any atom is -0.495 e. The second-order valence-corrected chi connectivity index (χ2v) is 6.55. The number of fused-ring (bicyclic) bond motifs is 1. The zero-order chi connectivity index (χ0) is 20.1. The second-order valence-electron chi connectivity index (χ2n) is 6.55. The van der Waals surface area contributed by atoms with Gasteiger partial charge in [0.15, 0.2) is 11.4 Å². The molecule has 0 radical (unpaired) electrons. The molecular formula is C23H23N3O3. The molecule has 0 spiro atoms. The first-order valence-corrected chi connectivity index (χ1v) is 9.47. The SMILES string of the molecule is COc1ccc(-c2cn3cccc(OCCCOc4ccccc4)c3n2)cc1N. The van der Waals surface area contributed by atoms with Crippen molar-refractivity contribution in [2.45, 2.75) is 6.42 Å². The average molecular weight is 389 g/mol. The Morgan fingerprint density at radius 1 is 0.931 bits per heavy atom. The summed E-state index contributed by atoms with van der Waals surface area (Å²) in [5.41, 5.74) is 9.13. The van der Waals surface area contributed by atoms with Crippen molar-refractivity contribution in [3.8, 4) is 28.5 Å². The van der Waals surface area contributed by atoms with Gasteiger partial charge in [0, 0.05) is 24.4 Å². The molecule has 0 fully saturated rings. The van der Waals surface area contributed by atoms with Crippen LogP contribution in [0.3, 0.4) is 0 Å². The van der Waals surface area contributed by atoms with E-state index in [9.17, 15) is 0 Å². The van der Waals surface area contributed by atoms with Gasteiger partial charge < -0.3 is 24.3 Å². The summed E-state index contributed by atoms with van der Waals surface area (Å²) in [5.74, 6) is 2.26. The minimum absolute atomic E-state index is 0.546. The van der Waals surface area contributed by atoms with Crippen LogP contribution in [0.25, 0.3) is 16.9 Å². The Morgan fingerprint density at radius 3 is 2.55 bits per heavy atom. The van der Waals surface area contributed by atoms with E-state index < -0.39 is 0 Å². The van der Waals surface area contributed by atoms with Gasteiger partial charge in [-0.1, -0.05) is 18.2 Å². The molecule has 29 heavy (non-hydrogen) atoms. The summed E-state index contributed by atoms with van der Waals surface area (Å²) in [6.45, 7) is 1.14. The molecule has 2 N–H and O–H groups in total. The number of benzene rings is 2. The summed E-state index contributed by atoms with van der Waals surface area (Å²) < 4.78 is 18.8. The van der Waals surface area contributed by atoms with Crippen molar-refractivity contribution in [1.29, 1.82) is 0 Å². The zero-order valence-corrected chi connectivity index (χ0v) is 16.2. The lowest BCUT2D eigenvalue weighted by Gasteiger charge is -2.08.